The molecule has 2 N–H and O–H groups in total. The molecular weight excluding hydrogens is 328 g/mol. The van der Waals surface area contributed by atoms with Crippen LogP contribution < -0.4 is 10.6 Å². The minimum Gasteiger partial charge on any atom is -0.376 e. The van der Waals surface area contributed by atoms with E-state index in [2.05, 4.69) is 20.6 Å². The first-order chi connectivity index (χ1) is 11.6. The van der Waals surface area contributed by atoms with Crippen LogP contribution >= 0.6 is 11.6 Å². The summed E-state index contributed by atoms with van der Waals surface area (Å²) in [5, 5.41) is 6.57. The predicted molar refractivity (Wildman–Crippen MR) is 93.6 cm³/mol. The van der Waals surface area contributed by atoms with Crippen LogP contribution in [0.25, 0.3) is 0 Å². The van der Waals surface area contributed by atoms with Gasteiger partial charge in [0.2, 0.25) is 0 Å². The number of benzene rings is 1. The van der Waals surface area contributed by atoms with E-state index >= 15 is 0 Å². The van der Waals surface area contributed by atoms with Gasteiger partial charge in [-0.05, 0) is 37.5 Å². The number of amides is 1. The molecule has 1 amide bonds. The number of ether oxygens (including phenoxy) is 1. The Morgan fingerprint density at radius 1 is 1.38 bits per heavy atom. The van der Waals surface area contributed by atoms with Crippen LogP contribution in [0.2, 0.25) is 5.02 Å². The first-order valence-electron chi connectivity index (χ1n) is 7.87. The van der Waals surface area contributed by atoms with E-state index in [1.165, 1.54) is 6.20 Å². The predicted octanol–water partition coefficient (Wildman–Crippen LogP) is 3.28. The highest BCUT2D eigenvalue weighted by Gasteiger charge is 2.15. The fraction of sp³-hybridized carbons (Fsp3) is 0.353. The van der Waals surface area contributed by atoms with Gasteiger partial charge >= 0.3 is 0 Å². The monoisotopic (exact) mass is 346 g/mol. The maximum absolute atomic E-state index is 12.3. The number of hydrogen-bond donors (Lipinski definition) is 2. The minimum absolute atomic E-state index is 0.223. The summed E-state index contributed by atoms with van der Waals surface area (Å²) < 4.78 is 5.54. The van der Waals surface area contributed by atoms with Gasteiger partial charge in [0.05, 0.1) is 18.5 Å². The fourth-order valence-corrected chi connectivity index (χ4v) is 2.66. The second kappa shape index (κ2) is 7.59. The number of carbonyl (C=O) groups excluding carboxylic acids is 1. The van der Waals surface area contributed by atoms with Gasteiger partial charge in [0.15, 0.2) is 0 Å². The number of anilines is 2. The van der Waals surface area contributed by atoms with Crippen LogP contribution in [-0.2, 0) is 4.74 Å². The Labute approximate surface area is 145 Å². The third-order valence-electron chi connectivity index (χ3n) is 3.94. The Morgan fingerprint density at radius 3 is 2.96 bits per heavy atom. The van der Waals surface area contributed by atoms with Crippen LogP contribution in [0.15, 0.2) is 30.6 Å². The van der Waals surface area contributed by atoms with Gasteiger partial charge in [-0.25, -0.2) is 9.97 Å². The SMILES string of the molecule is Cc1c(Cl)cccc1NC(=O)c1cnc(NCC2CCCO2)cn1. The van der Waals surface area contributed by atoms with E-state index in [1.807, 2.05) is 6.92 Å². The van der Waals surface area contributed by atoms with Crippen molar-refractivity contribution in [2.24, 2.45) is 0 Å². The van der Waals surface area contributed by atoms with Gasteiger partial charge in [-0.2, -0.15) is 0 Å². The number of aromatic nitrogens is 2. The first-order valence-corrected chi connectivity index (χ1v) is 8.25. The highest BCUT2D eigenvalue weighted by Crippen LogP contribution is 2.23. The van der Waals surface area contributed by atoms with E-state index in [4.69, 9.17) is 16.3 Å². The Bertz CT molecular complexity index is 715. The highest BCUT2D eigenvalue weighted by molar-refractivity contribution is 6.31. The van der Waals surface area contributed by atoms with Crippen LogP contribution in [0.1, 0.15) is 28.9 Å². The molecule has 1 fully saturated rings. The van der Waals surface area contributed by atoms with Gasteiger partial charge < -0.3 is 15.4 Å². The van der Waals surface area contributed by atoms with E-state index < -0.39 is 0 Å². The van der Waals surface area contributed by atoms with Crippen molar-refractivity contribution in [3.8, 4) is 0 Å². The number of hydrogen-bond acceptors (Lipinski definition) is 5. The lowest BCUT2D eigenvalue weighted by molar-refractivity contribution is 0.102. The van der Waals surface area contributed by atoms with E-state index in [0.29, 0.717) is 23.1 Å². The molecule has 1 atom stereocenters. The van der Waals surface area contributed by atoms with Crippen molar-refractivity contribution >= 4 is 29.0 Å². The van der Waals surface area contributed by atoms with E-state index in [1.54, 1.807) is 24.4 Å². The minimum atomic E-state index is -0.321. The molecule has 1 unspecified atom stereocenters. The van der Waals surface area contributed by atoms with Crippen molar-refractivity contribution in [1.29, 1.82) is 0 Å². The molecule has 2 heterocycles. The van der Waals surface area contributed by atoms with E-state index in [9.17, 15) is 4.79 Å². The summed E-state index contributed by atoms with van der Waals surface area (Å²) in [5.74, 6) is 0.305. The number of halogens is 1. The second-order valence-corrected chi connectivity index (χ2v) is 6.08. The van der Waals surface area contributed by atoms with Crippen LogP contribution in [0.4, 0.5) is 11.5 Å². The molecule has 1 saturated heterocycles. The zero-order chi connectivity index (χ0) is 16.9. The molecule has 2 aromatic rings. The lowest BCUT2D eigenvalue weighted by Gasteiger charge is -2.11. The molecule has 6 nitrogen and oxygen atoms in total. The van der Waals surface area contributed by atoms with Gasteiger partial charge in [-0.1, -0.05) is 17.7 Å². The number of nitrogens with one attached hydrogen (secondary N) is 2. The molecule has 1 aliphatic rings. The van der Waals surface area contributed by atoms with Crippen molar-refractivity contribution in [3.63, 3.8) is 0 Å². The molecule has 1 aliphatic heterocycles. The average Bonchev–Trinajstić information content (AvgIpc) is 3.11. The number of rotatable bonds is 5. The zero-order valence-electron chi connectivity index (χ0n) is 13.4. The molecule has 0 aliphatic carbocycles. The van der Waals surface area contributed by atoms with Crippen LogP contribution in [0.5, 0.6) is 0 Å². The van der Waals surface area contributed by atoms with Crippen LogP contribution in [0, 0.1) is 6.92 Å². The largest absolute Gasteiger partial charge is 0.376 e. The summed E-state index contributed by atoms with van der Waals surface area (Å²) >= 11 is 6.05. The molecule has 7 heteroatoms. The standard InChI is InChI=1S/C17H19ClN4O2/c1-11-13(18)5-2-6-14(11)22-17(23)15-9-21-16(10-19-15)20-8-12-4-3-7-24-12/h2,5-6,9-10,12H,3-4,7-8H2,1H3,(H,20,21)(H,22,23). The zero-order valence-corrected chi connectivity index (χ0v) is 14.1. The smallest absolute Gasteiger partial charge is 0.275 e. The molecule has 0 saturated carbocycles. The lowest BCUT2D eigenvalue weighted by Crippen LogP contribution is -2.20. The van der Waals surface area contributed by atoms with E-state index in [0.717, 1.165) is 25.0 Å². The van der Waals surface area contributed by atoms with Crippen molar-refractivity contribution in [1.82, 2.24) is 9.97 Å². The average molecular weight is 347 g/mol. The topological polar surface area (TPSA) is 76.1 Å². The summed E-state index contributed by atoms with van der Waals surface area (Å²) in [6.45, 7) is 3.36. The maximum atomic E-state index is 12.3. The quantitative estimate of drug-likeness (QED) is 0.868. The van der Waals surface area contributed by atoms with Gasteiger partial charge in [-0.3, -0.25) is 4.79 Å². The van der Waals surface area contributed by atoms with Gasteiger partial charge in [-0.15, -0.1) is 0 Å². The summed E-state index contributed by atoms with van der Waals surface area (Å²) in [6, 6.07) is 5.36. The molecule has 0 radical (unpaired) electrons. The Kier molecular flexibility index (Phi) is 5.27. The van der Waals surface area contributed by atoms with Gasteiger partial charge in [0.1, 0.15) is 11.5 Å². The molecule has 126 valence electrons. The van der Waals surface area contributed by atoms with Gasteiger partial charge in [0, 0.05) is 23.9 Å². The summed E-state index contributed by atoms with van der Waals surface area (Å²) in [5.41, 5.74) is 1.72. The number of nitrogens with zero attached hydrogens (tertiary/aromatic N) is 2. The molecule has 24 heavy (non-hydrogen) atoms. The first kappa shape index (κ1) is 16.7. The molecule has 3 rings (SSSR count). The third kappa shape index (κ3) is 4.01. The van der Waals surface area contributed by atoms with Crippen molar-refractivity contribution in [2.75, 3.05) is 23.8 Å². The van der Waals surface area contributed by atoms with Crippen molar-refractivity contribution in [3.05, 3.63) is 46.9 Å². The normalized spacial score (nSPS) is 16.8. The summed E-state index contributed by atoms with van der Waals surface area (Å²) in [7, 11) is 0. The number of carbonyl (C=O) groups is 1. The van der Waals surface area contributed by atoms with Crippen LogP contribution in [0.3, 0.4) is 0 Å². The fourth-order valence-electron chi connectivity index (χ4n) is 2.49. The molecule has 1 aromatic heterocycles. The van der Waals surface area contributed by atoms with Gasteiger partial charge in [0.25, 0.3) is 5.91 Å². The lowest BCUT2D eigenvalue weighted by atomic mass is 10.2. The Balaban J connectivity index is 1.60. The molecule has 0 spiro atoms. The van der Waals surface area contributed by atoms with Crippen molar-refractivity contribution in [2.45, 2.75) is 25.9 Å². The molecule has 0 bridgehead atoms. The summed E-state index contributed by atoms with van der Waals surface area (Å²) in [4.78, 5) is 20.6. The third-order valence-corrected chi connectivity index (χ3v) is 4.34. The maximum Gasteiger partial charge on any atom is 0.275 e. The van der Waals surface area contributed by atoms with Crippen LogP contribution in [-0.4, -0.2) is 35.1 Å². The summed E-state index contributed by atoms with van der Waals surface area (Å²) in [6.07, 6.45) is 5.38. The highest BCUT2D eigenvalue weighted by atomic mass is 35.5. The van der Waals surface area contributed by atoms with Crippen molar-refractivity contribution < 1.29 is 9.53 Å². The van der Waals surface area contributed by atoms with E-state index in [-0.39, 0.29) is 17.7 Å². The second-order valence-electron chi connectivity index (χ2n) is 5.67. The molecular formula is C17H19ClN4O2. The Morgan fingerprint density at radius 2 is 2.25 bits per heavy atom. The Hall–Kier alpha value is -2.18. The molecule has 1 aromatic carbocycles.